The Morgan fingerprint density at radius 3 is 2.10 bits per heavy atom. The topological polar surface area (TPSA) is 43.4 Å². The smallest absolute Gasteiger partial charge is 0.370 e. The Morgan fingerprint density at radius 1 is 1.60 bits per heavy atom. The van der Waals surface area contributed by atoms with E-state index in [9.17, 15) is 18.4 Å². The predicted molar refractivity (Wildman–Crippen MR) is 27.8 cm³/mol. The van der Waals surface area contributed by atoms with Crippen LogP contribution in [-0.2, 0) is 14.3 Å². The summed E-state index contributed by atoms with van der Waals surface area (Å²) in [4.78, 5) is 19.7. The van der Waals surface area contributed by atoms with Gasteiger partial charge in [-0.2, -0.15) is 4.39 Å². The van der Waals surface area contributed by atoms with Gasteiger partial charge < -0.3 is 4.74 Å². The molecule has 3 nitrogen and oxygen atoms in total. The molecule has 0 N–H and O–H groups in total. The van der Waals surface area contributed by atoms with Crippen LogP contribution in [0.4, 0.5) is 8.78 Å². The van der Waals surface area contributed by atoms with E-state index < -0.39 is 17.1 Å². The van der Waals surface area contributed by atoms with Crippen molar-refractivity contribution >= 4 is 23.6 Å². The summed E-state index contributed by atoms with van der Waals surface area (Å²) in [5, 5.41) is -3.69. The minimum atomic E-state index is -3.69. The zero-order chi connectivity index (χ0) is 8.36. The predicted octanol–water partition coefficient (Wildman–Crippen LogP) is 0.560. The zero-order valence-corrected chi connectivity index (χ0v) is 5.61. The van der Waals surface area contributed by atoms with Crippen LogP contribution in [0.3, 0.4) is 0 Å². The van der Waals surface area contributed by atoms with Crippen LogP contribution in [0.25, 0.3) is 0 Å². The number of rotatable bonds is 2. The molecular formula is C4H3ClF2O3. The fraction of sp³-hybridized carbons (Fsp3) is 0.500. The molecule has 0 spiro atoms. The summed E-state index contributed by atoms with van der Waals surface area (Å²) < 4.78 is 27.3. The van der Waals surface area contributed by atoms with E-state index in [4.69, 9.17) is 0 Å². The molecule has 0 aliphatic rings. The number of alkyl halides is 2. The minimum absolute atomic E-state index is 0.780. The van der Waals surface area contributed by atoms with E-state index >= 15 is 0 Å². The van der Waals surface area contributed by atoms with E-state index in [2.05, 4.69) is 16.3 Å². The summed E-state index contributed by atoms with van der Waals surface area (Å²) >= 11 is 4.46. The van der Waals surface area contributed by atoms with Gasteiger partial charge in [0.25, 0.3) is 0 Å². The third-order valence-corrected chi connectivity index (χ3v) is 0.992. The number of hydrogen-bond donors (Lipinski definition) is 0. The standard InChI is InChI=1S/C4H3ClF2O3/c1-10-3(9)4(5,7)2(6)8/h1H3. The first kappa shape index (κ1) is 9.29. The van der Waals surface area contributed by atoms with Crippen LogP contribution in [0, 0.1) is 0 Å². The van der Waals surface area contributed by atoms with Gasteiger partial charge in [0.05, 0.1) is 7.11 Å². The molecule has 0 aliphatic heterocycles. The van der Waals surface area contributed by atoms with Crippen molar-refractivity contribution < 1.29 is 23.1 Å². The van der Waals surface area contributed by atoms with Crippen molar-refractivity contribution in [3.8, 4) is 0 Å². The first-order valence-electron chi connectivity index (χ1n) is 2.09. The Balaban J connectivity index is 4.40. The van der Waals surface area contributed by atoms with Crippen molar-refractivity contribution in [2.75, 3.05) is 7.11 Å². The first-order chi connectivity index (χ1) is 4.42. The Bertz CT molecular complexity index is 168. The molecule has 0 saturated carbocycles. The van der Waals surface area contributed by atoms with Crippen LogP contribution in [0.15, 0.2) is 0 Å². The molecule has 6 heteroatoms. The van der Waals surface area contributed by atoms with Crippen molar-refractivity contribution in [3.05, 3.63) is 0 Å². The van der Waals surface area contributed by atoms with Gasteiger partial charge in [-0.1, -0.05) is 11.6 Å². The molecule has 0 saturated heterocycles. The highest BCUT2D eigenvalue weighted by Gasteiger charge is 2.46. The summed E-state index contributed by atoms with van der Waals surface area (Å²) in [5.41, 5.74) is 0. The van der Waals surface area contributed by atoms with Crippen molar-refractivity contribution in [2.45, 2.75) is 5.13 Å². The Morgan fingerprint density at radius 2 is 2.00 bits per heavy atom. The highest BCUT2D eigenvalue weighted by Crippen LogP contribution is 2.20. The summed E-state index contributed by atoms with van der Waals surface area (Å²) in [6, 6.07) is -2.58. The molecule has 58 valence electrons. The number of ether oxygens (including phenoxy) is 1. The van der Waals surface area contributed by atoms with Crippen molar-refractivity contribution in [2.24, 2.45) is 0 Å². The second-order valence-electron chi connectivity index (χ2n) is 1.34. The molecule has 0 bridgehead atoms. The lowest BCUT2D eigenvalue weighted by atomic mass is 10.4. The lowest BCUT2D eigenvalue weighted by molar-refractivity contribution is -0.157. The Hall–Kier alpha value is -0.710. The number of methoxy groups -OCH3 is 1. The molecule has 0 rings (SSSR count). The average molecular weight is 173 g/mol. The molecule has 0 aliphatic carbocycles. The van der Waals surface area contributed by atoms with E-state index in [1.54, 1.807) is 0 Å². The van der Waals surface area contributed by atoms with Crippen LogP contribution in [0.5, 0.6) is 0 Å². The molecule has 1 atom stereocenters. The van der Waals surface area contributed by atoms with Crippen LogP contribution in [0.2, 0.25) is 0 Å². The summed E-state index contributed by atoms with van der Waals surface area (Å²) in [5.74, 6) is -1.76. The van der Waals surface area contributed by atoms with Gasteiger partial charge >= 0.3 is 17.1 Å². The molecule has 1 unspecified atom stereocenters. The number of carbonyl (C=O) groups excluding carboxylic acids is 2. The second kappa shape index (κ2) is 2.92. The highest BCUT2D eigenvalue weighted by atomic mass is 35.5. The van der Waals surface area contributed by atoms with E-state index in [1.807, 2.05) is 0 Å². The maximum absolute atomic E-state index is 12.2. The number of halogens is 3. The van der Waals surface area contributed by atoms with Crippen molar-refractivity contribution in [3.63, 3.8) is 0 Å². The summed E-state index contributed by atoms with van der Waals surface area (Å²) in [6.07, 6.45) is 0. The van der Waals surface area contributed by atoms with E-state index in [1.165, 1.54) is 0 Å². The Kier molecular flexibility index (Phi) is 2.71. The number of hydrogen-bond acceptors (Lipinski definition) is 3. The molecule has 0 radical (unpaired) electrons. The van der Waals surface area contributed by atoms with Gasteiger partial charge in [0.15, 0.2) is 0 Å². The third kappa shape index (κ3) is 1.63. The maximum Gasteiger partial charge on any atom is 0.370 e. The van der Waals surface area contributed by atoms with Crippen LogP contribution in [0.1, 0.15) is 0 Å². The maximum atomic E-state index is 12.2. The summed E-state index contributed by atoms with van der Waals surface area (Å²) in [6.45, 7) is 0. The van der Waals surface area contributed by atoms with Gasteiger partial charge in [-0.3, -0.25) is 4.79 Å². The second-order valence-corrected chi connectivity index (χ2v) is 1.86. The van der Waals surface area contributed by atoms with Crippen LogP contribution < -0.4 is 0 Å². The lowest BCUT2D eigenvalue weighted by Gasteiger charge is -2.06. The van der Waals surface area contributed by atoms with E-state index in [-0.39, 0.29) is 0 Å². The molecular weight excluding hydrogens is 169 g/mol. The van der Waals surface area contributed by atoms with E-state index in [0.29, 0.717) is 0 Å². The molecule has 0 aromatic carbocycles. The lowest BCUT2D eigenvalue weighted by Crippen LogP contribution is -2.35. The average Bonchev–Trinajstić information content (AvgIpc) is 1.86. The molecule has 0 fully saturated rings. The largest absolute Gasteiger partial charge is 0.465 e. The molecule has 0 aromatic heterocycles. The van der Waals surface area contributed by atoms with Gasteiger partial charge in [-0.25, -0.2) is 9.18 Å². The highest BCUT2D eigenvalue weighted by molar-refractivity contribution is 6.42. The monoisotopic (exact) mass is 172 g/mol. The van der Waals surface area contributed by atoms with Crippen molar-refractivity contribution in [1.29, 1.82) is 0 Å². The molecule has 0 heterocycles. The third-order valence-electron chi connectivity index (χ3n) is 0.689. The quantitative estimate of drug-likeness (QED) is 0.265. The minimum Gasteiger partial charge on any atom is -0.465 e. The van der Waals surface area contributed by atoms with Gasteiger partial charge in [-0.05, 0) is 0 Å². The van der Waals surface area contributed by atoms with Gasteiger partial charge in [0.1, 0.15) is 0 Å². The number of esters is 1. The van der Waals surface area contributed by atoms with Crippen LogP contribution >= 0.6 is 11.6 Å². The SMILES string of the molecule is COC(=O)C(F)(Cl)C(=O)F. The van der Waals surface area contributed by atoms with Gasteiger partial charge in [0.2, 0.25) is 0 Å². The first-order valence-corrected chi connectivity index (χ1v) is 2.47. The van der Waals surface area contributed by atoms with E-state index in [0.717, 1.165) is 7.11 Å². The molecule has 0 aromatic rings. The summed E-state index contributed by atoms with van der Waals surface area (Å²) in [7, 11) is 0.780. The fourth-order valence-corrected chi connectivity index (χ4v) is 0.286. The van der Waals surface area contributed by atoms with Crippen LogP contribution in [-0.4, -0.2) is 24.2 Å². The van der Waals surface area contributed by atoms with Gasteiger partial charge in [-0.15, -0.1) is 0 Å². The normalized spacial score (nSPS) is 15.6. The molecule has 10 heavy (non-hydrogen) atoms. The Labute approximate surface area is 59.9 Å². The van der Waals surface area contributed by atoms with Crippen molar-refractivity contribution in [1.82, 2.24) is 0 Å². The molecule has 0 amide bonds. The fourth-order valence-electron chi connectivity index (χ4n) is 0.208. The number of carbonyl (C=O) groups is 2. The zero-order valence-electron chi connectivity index (χ0n) is 4.86. The van der Waals surface area contributed by atoms with Gasteiger partial charge in [0, 0.05) is 0 Å².